The SMILES string of the molecule is COc1cccc(SSC)c1. The monoisotopic (exact) mass is 186 g/mol. The lowest BCUT2D eigenvalue weighted by atomic mass is 10.3. The van der Waals surface area contributed by atoms with Crippen molar-refractivity contribution < 1.29 is 4.74 Å². The highest BCUT2D eigenvalue weighted by Gasteiger charge is 1.93. The van der Waals surface area contributed by atoms with Gasteiger partial charge in [0.25, 0.3) is 0 Å². The third kappa shape index (κ3) is 2.67. The maximum atomic E-state index is 5.08. The summed E-state index contributed by atoms with van der Waals surface area (Å²) in [5.74, 6) is 0.920. The third-order valence-electron chi connectivity index (χ3n) is 1.22. The molecule has 0 atom stereocenters. The van der Waals surface area contributed by atoms with Crippen molar-refractivity contribution in [3.05, 3.63) is 24.3 Å². The molecule has 1 aromatic carbocycles. The molecule has 1 aromatic rings. The van der Waals surface area contributed by atoms with E-state index in [0.29, 0.717) is 0 Å². The molecule has 0 saturated carbocycles. The molecule has 0 unspecified atom stereocenters. The Balaban J connectivity index is 2.74. The van der Waals surface area contributed by atoms with Gasteiger partial charge in [-0.05, 0) is 24.5 Å². The summed E-state index contributed by atoms with van der Waals surface area (Å²) < 4.78 is 5.08. The zero-order valence-corrected chi connectivity index (χ0v) is 8.17. The van der Waals surface area contributed by atoms with E-state index in [1.54, 1.807) is 28.7 Å². The highest BCUT2D eigenvalue weighted by molar-refractivity contribution is 8.76. The molecule has 0 aliphatic heterocycles. The van der Waals surface area contributed by atoms with E-state index in [1.807, 2.05) is 18.2 Å². The van der Waals surface area contributed by atoms with Crippen molar-refractivity contribution in [1.29, 1.82) is 0 Å². The molecule has 0 heterocycles. The maximum absolute atomic E-state index is 5.08. The summed E-state index contributed by atoms with van der Waals surface area (Å²) >= 11 is 0. The van der Waals surface area contributed by atoms with Crippen molar-refractivity contribution in [1.82, 2.24) is 0 Å². The minimum atomic E-state index is 0.920. The number of methoxy groups -OCH3 is 1. The molecule has 60 valence electrons. The second-order valence-corrected chi connectivity index (χ2v) is 4.40. The molecule has 0 spiro atoms. The molecular weight excluding hydrogens is 176 g/mol. The molecular formula is C8H10OS2. The van der Waals surface area contributed by atoms with Gasteiger partial charge in [-0.15, -0.1) is 0 Å². The summed E-state index contributed by atoms with van der Waals surface area (Å²) in [6.45, 7) is 0. The topological polar surface area (TPSA) is 9.23 Å². The average molecular weight is 186 g/mol. The van der Waals surface area contributed by atoms with Crippen molar-refractivity contribution in [3.8, 4) is 5.75 Å². The van der Waals surface area contributed by atoms with Crippen molar-refractivity contribution in [2.24, 2.45) is 0 Å². The van der Waals surface area contributed by atoms with Gasteiger partial charge in [-0.25, -0.2) is 0 Å². The lowest BCUT2D eigenvalue weighted by molar-refractivity contribution is 0.413. The number of ether oxygens (including phenoxy) is 1. The number of hydrogen-bond acceptors (Lipinski definition) is 3. The van der Waals surface area contributed by atoms with Gasteiger partial charge in [-0.2, -0.15) is 0 Å². The predicted molar refractivity (Wildman–Crippen MR) is 52.4 cm³/mol. The molecule has 0 aliphatic carbocycles. The Morgan fingerprint density at radius 2 is 2.18 bits per heavy atom. The van der Waals surface area contributed by atoms with Crippen LogP contribution < -0.4 is 4.74 Å². The van der Waals surface area contributed by atoms with Gasteiger partial charge in [0.1, 0.15) is 5.75 Å². The Hall–Kier alpha value is -0.280. The van der Waals surface area contributed by atoms with E-state index in [4.69, 9.17) is 4.74 Å². The van der Waals surface area contributed by atoms with Crippen LogP contribution in [0.4, 0.5) is 0 Å². The van der Waals surface area contributed by atoms with Gasteiger partial charge in [0, 0.05) is 4.90 Å². The molecule has 0 saturated heterocycles. The van der Waals surface area contributed by atoms with Crippen LogP contribution in [0.15, 0.2) is 29.2 Å². The molecule has 0 aliphatic rings. The zero-order valence-electron chi connectivity index (χ0n) is 6.53. The number of hydrogen-bond donors (Lipinski definition) is 0. The second kappa shape index (κ2) is 4.57. The zero-order chi connectivity index (χ0) is 8.10. The summed E-state index contributed by atoms with van der Waals surface area (Å²) in [5, 5.41) is 0. The lowest BCUT2D eigenvalue weighted by Crippen LogP contribution is -1.80. The van der Waals surface area contributed by atoms with Crippen molar-refractivity contribution >= 4 is 21.6 Å². The summed E-state index contributed by atoms with van der Waals surface area (Å²) in [4.78, 5) is 1.23. The largest absolute Gasteiger partial charge is 0.497 e. The van der Waals surface area contributed by atoms with Gasteiger partial charge in [0.05, 0.1) is 7.11 Å². The standard InChI is InChI=1S/C8H10OS2/c1-9-7-4-3-5-8(6-7)11-10-2/h3-6H,1-2H3. The molecule has 3 heteroatoms. The fourth-order valence-corrected chi connectivity index (χ4v) is 2.13. The summed E-state index contributed by atoms with van der Waals surface area (Å²) in [6.07, 6.45) is 2.06. The van der Waals surface area contributed by atoms with Crippen molar-refractivity contribution in [2.45, 2.75) is 4.90 Å². The maximum Gasteiger partial charge on any atom is 0.120 e. The van der Waals surface area contributed by atoms with E-state index >= 15 is 0 Å². The Bertz CT molecular complexity index is 225. The summed E-state index contributed by atoms with van der Waals surface area (Å²) in [6, 6.07) is 8.05. The van der Waals surface area contributed by atoms with E-state index in [1.165, 1.54) is 4.90 Å². The fourth-order valence-electron chi connectivity index (χ4n) is 0.749. The van der Waals surface area contributed by atoms with Gasteiger partial charge in [-0.3, -0.25) is 0 Å². The Kier molecular flexibility index (Phi) is 3.66. The van der Waals surface area contributed by atoms with Crippen molar-refractivity contribution in [3.63, 3.8) is 0 Å². The predicted octanol–water partition coefficient (Wildman–Crippen LogP) is 3.07. The highest BCUT2D eigenvalue weighted by Crippen LogP contribution is 2.30. The Labute approximate surface area is 74.9 Å². The van der Waals surface area contributed by atoms with Crippen LogP contribution in [0.5, 0.6) is 5.75 Å². The molecule has 0 radical (unpaired) electrons. The van der Waals surface area contributed by atoms with Crippen LogP contribution in [0, 0.1) is 0 Å². The molecule has 1 nitrogen and oxygen atoms in total. The first-order valence-electron chi connectivity index (χ1n) is 3.21. The van der Waals surface area contributed by atoms with Gasteiger partial charge in [0.15, 0.2) is 0 Å². The van der Waals surface area contributed by atoms with Crippen LogP contribution in [0.1, 0.15) is 0 Å². The average Bonchev–Trinajstić information content (AvgIpc) is 2.06. The molecule has 0 aromatic heterocycles. The number of benzene rings is 1. The van der Waals surface area contributed by atoms with E-state index < -0.39 is 0 Å². The Morgan fingerprint density at radius 3 is 2.82 bits per heavy atom. The third-order valence-corrected chi connectivity index (χ3v) is 2.91. The first kappa shape index (κ1) is 8.81. The normalized spacial score (nSPS) is 9.64. The lowest BCUT2D eigenvalue weighted by Gasteiger charge is -2.00. The minimum Gasteiger partial charge on any atom is -0.497 e. The summed E-state index contributed by atoms with van der Waals surface area (Å²) in [5.41, 5.74) is 0. The molecule has 0 N–H and O–H groups in total. The van der Waals surface area contributed by atoms with E-state index in [0.717, 1.165) is 5.75 Å². The van der Waals surface area contributed by atoms with Gasteiger partial charge in [0.2, 0.25) is 0 Å². The minimum absolute atomic E-state index is 0.920. The molecule has 0 amide bonds. The van der Waals surface area contributed by atoms with Crippen LogP contribution in [0.2, 0.25) is 0 Å². The molecule has 1 rings (SSSR count). The van der Waals surface area contributed by atoms with Crippen LogP contribution in [-0.4, -0.2) is 13.4 Å². The first-order valence-corrected chi connectivity index (χ1v) is 5.77. The highest BCUT2D eigenvalue weighted by atomic mass is 33.1. The van der Waals surface area contributed by atoms with Crippen LogP contribution in [-0.2, 0) is 0 Å². The van der Waals surface area contributed by atoms with E-state index in [-0.39, 0.29) is 0 Å². The van der Waals surface area contributed by atoms with Crippen LogP contribution in [0.25, 0.3) is 0 Å². The molecule has 0 fully saturated rings. The first-order chi connectivity index (χ1) is 5.36. The smallest absolute Gasteiger partial charge is 0.120 e. The summed E-state index contributed by atoms with van der Waals surface area (Å²) in [7, 11) is 5.16. The second-order valence-electron chi connectivity index (χ2n) is 1.93. The molecule has 0 bridgehead atoms. The number of rotatable bonds is 3. The van der Waals surface area contributed by atoms with E-state index in [2.05, 4.69) is 12.3 Å². The van der Waals surface area contributed by atoms with Gasteiger partial charge >= 0.3 is 0 Å². The van der Waals surface area contributed by atoms with Gasteiger partial charge < -0.3 is 4.74 Å². The Morgan fingerprint density at radius 1 is 1.36 bits per heavy atom. The quantitative estimate of drug-likeness (QED) is 0.671. The fraction of sp³-hybridized carbons (Fsp3) is 0.250. The van der Waals surface area contributed by atoms with E-state index in [9.17, 15) is 0 Å². The molecule has 11 heavy (non-hydrogen) atoms. The van der Waals surface area contributed by atoms with Gasteiger partial charge in [-0.1, -0.05) is 27.7 Å². The van der Waals surface area contributed by atoms with Crippen LogP contribution in [0.3, 0.4) is 0 Å². The van der Waals surface area contributed by atoms with Crippen molar-refractivity contribution in [2.75, 3.05) is 13.4 Å². The van der Waals surface area contributed by atoms with Crippen LogP contribution >= 0.6 is 21.6 Å².